The number of rotatable bonds is 6. The first-order chi connectivity index (χ1) is 8.90. The minimum Gasteiger partial charge on any atom is -0.394 e. The van der Waals surface area contributed by atoms with Crippen molar-refractivity contribution in [1.82, 2.24) is 10.0 Å². The van der Waals surface area contributed by atoms with Gasteiger partial charge in [0.15, 0.2) is 0 Å². The van der Waals surface area contributed by atoms with Gasteiger partial charge in [-0.3, -0.25) is 4.79 Å². The van der Waals surface area contributed by atoms with E-state index in [4.69, 9.17) is 5.11 Å². The number of aliphatic hydroxyl groups is 1. The fourth-order valence-electron chi connectivity index (χ4n) is 1.41. The topological polar surface area (TPSA) is 95.5 Å². The second-order valence-electron chi connectivity index (χ2n) is 4.08. The minimum absolute atomic E-state index is 0.112. The lowest BCUT2D eigenvalue weighted by molar-refractivity contribution is 0.0922. The van der Waals surface area contributed by atoms with E-state index >= 15 is 0 Å². The Hall–Kier alpha value is -1.44. The Bertz CT molecular complexity index is 525. The monoisotopic (exact) mass is 286 g/mol. The number of hydrogen-bond donors (Lipinski definition) is 3. The molecule has 7 heteroatoms. The number of sulfonamides is 1. The Kier molecular flexibility index (Phi) is 5.46. The van der Waals surface area contributed by atoms with Crippen molar-refractivity contribution in [2.45, 2.75) is 24.8 Å². The van der Waals surface area contributed by atoms with E-state index in [0.717, 1.165) is 0 Å². The molecular formula is C12H18N2O4S. The van der Waals surface area contributed by atoms with Crippen LogP contribution in [0.1, 0.15) is 24.2 Å². The van der Waals surface area contributed by atoms with Gasteiger partial charge in [-0.15, -0.1) is 0 Å². The molecule has 0 aliphatic carbocycles. The molecule has 0 spiro atoms. The molecule has 0 heterocycles. The molecule has 106 valence electrons. The van der Waals surface area contributed by atoms with Crippen molar-refractivity contribution in [2.75, 3.05) is 13.2 Å². The summed E-state index contributed by atoms with van der Waals surface area (Å²) in [7, 11) is -3.50. The molecule has 1 rings (SSSR count). The number of hydrogen-bond acceptors (Lipinski definition) is 4. The van der Waals surface area contributed by atoms with Gasteiger partial charge in [0.25, 0.3) is 5.91 Å². The average molecular weight is 286 g/mol. The predicted octanol–water partition coefficient (Wildman–Crippen LogP) is 0.0954. The summed E-state index contributed by atoms with van der Waals surface area (Å²) >= 11 is 0. The highest BCUT2D eigenvalue weighted by molar-refractivity contribution is 7.89. The van der Waals surface area contributed by atoms with Crippen molar-refractivity contribution in [3.63, 3.8) is 0 Å². The Balaban J connectivity index is 2.85. The van der Waals surface area contributed by atoms with E-state index < -0.39 is 10.0 Å². The molecule has 0 saturated heterocycles. The molecule has 6 nitrogen and oxygen atoms in total. The van der Waals surface area contributed by atoms with E-state index in [9.17, 15) is 13.2 Å². The lowest BCUT2D eigenvalue weighted by atomic mass is 10.2. The molecule has 1 amide bonds. The van der Waals surface area contributed by atoms with Crippen LogP contribution in [0, 0.1) is 0 Å². The van der Waals surface area contributed by atoms with Crippen LogP contribution in [-0.4, -0.2) is 38.6 Å². The van der Waals surface area contributed by atoms with Crippen molar-refractivity contribution in [1.29, 1.82) is 0 Å². The quantitative estimate of drug-likeness (QED) is 0.691. The van der Waals surface area contributed by atoms with Crippen LogP contribution in [0.5, 0.6) is 0 Å². The number of carbonyl (C=O) groups excluding carboxylic acids is 1. The molecule has 1 aromatic carbocycles. The summed E-state index contributed by atoms with van der Waals surface area (Å²) in [4.78, 5) is 11.8. The molecule has 0 bridgehead atoms. The largest absolute Gasteiger partial charge is 0.394 e. The predicted molar refractivity (Wildman–Crippen MR) is 71.3 cm³/mol. The second kappa shape index (κ2) is 6.65. The molecule has 0 fully saturated rings. The molecule has 0 aromatic heterocycles. The van der Waals surface area contributed by atoms with Gasteiger partial charge in [0.05, 0.1) is 11.5 Å². The lowest BCUT2D eigenvalue weighted by Crippen LogP contribution is -2.35. The smallest absolute Gasteiger partial charge is 0.251 e. The van der Waals surface area contributed by atoms with Gasteiger partial charge in [-0.05, 0) is 31.2 Å². The summed E-state index contributed by atoms with van der Waals surface area (Å²) in [6, 6.07) is 5.26. The van der Waals surface area contributed by atoms with Crippen molar-refractivity contribution in [3.8, 4) is 0 Å². The van der Waals surface area contributed by atoms with Gasteiger partial charge in [0.1, 0.15) is 0 Å². The van der Waals surface area contributed by atoms with E-state index in [1.54, 1.807) is 13.8 Å². The molecule has 19 heavy (non-hydrogen) atoms. The minimum atomic E-state index is -3.50. The van der Waals surface area contributed by atoms with Crippen molar-refractivity contribution in [2.24, 2.45) is 0 Å². The Morgan fingerprint density at radius 1 is 1.32 bits per heavy atom. The Morgan fingerprint density at radius 2 is 1.89 bits per heavy atom. The van der Waals surface area contributed by atoms with Crippen molar-refractivity contribution < 1.29 is 18.3 Å². The van der Waals surface area contributed by atoms with Gasteiger partial charge >= 0.3 is 0 Å². The molecule has 0 unspecified atom stereocenters. The summed E-state index contributed by atoms with van der Waals surface area (Å²) in [6.45, 7) is 3.51. The molecule has 0 aliphatic rings. The molecule has 1 aromatic rings. The second-order valence-corrected chi connectivity index (χ2v) is 5.85. The first kappa shape index (κ1) is 15.6. The molecule has 0 saturated carbocycles. The normalized spacial score (nSPS) is 13.0. The molecule has 1 atom stereocenters. The zero-order valence-corrected chi connectivity index (χ0v) is 11.7. The lowest BCUT2D eigenvalue weighted by Gasteiger charge is -2.11. The van der Waals surface area contributed by atoms with Crippen LogP contribution in [0.25, 0.3) is 0 Å². The fourth-order valence-corrected chi connectivity index (χ4v) is 2.45. The number of carbonyl (C=O) groups is 1. The van der Waals surface area contributed by atoms with Crippen molar-refractivity contribution >= 4 is 15.9 Å². The maximum Gasteiger partial charge on any atom is 0.251 e. The highest BCUT2D eigenvalue weighted by atomic mass is 32.2. The molecule has 3 N–H and O–H groups in total. The van der Waals surface area contributed by atoms with Crippen LogP contribution in [0.3, 0.4) is 0 Å². The van der Waals surface area contributed by atoms with Gasteiger partial charge in [0.2, 0.25) is 10.0 Å². The number of nitrogens with one attached hydrogen (secondary N) is 2. The van der Waals surface area contributed by atoms with Crippen molar-refractivity contribution in [3.05, 3.63) is 29.8 Å². The van der Waals surface area contributed by atoms with Crippen LogP contribution >= 0.6 is 0 Å². The first-order valence-corrected chi connectivity index (χ1v) is 7.40. The zero-order valence-electron chi connectivity index (χ0n) is 10.9. The maximum atomic E-state index is 11.7. The van der Waals surface area contributed by atoms with E-state index in [1.165, 1.54) is 24.3 Å². The van der Waals surface area contributed by atoms with Crippen LogP contribution in [0.4, 0.5) is 0 Å². The third kappa shape index (κ3) is 4.30. The van der Waals surface area contributed by atoms with Gasteiger partial charge < -0.3 is 10.4 Å². The highest BCUT2D eigenvalue weighted by Gasteiger charge is 2.14. The third-order valence-corrected chi connectivity index (χ3v) is 3.97. The highest BCUT2D eigenvalue weighted by Crippen LogP contribution is 2.10. The SMILES string of the molecule is CCNS(=O)(=O)c1ccc(C(=O)N[C@@H](C)CO)cc1. The van der Waals surface area contributed by atoms with E-state index in [1.807, 2.05) is 0 Å². The van der Waals surface area contributed by atoms with Crippen LogP contribution in [0.15, 0.2) is 29.2 Å². The summed E-state index contributed by atoms with van der Waals surface area (Å²) in [5, 5.41) is 11.4. The van der Waals surface area contributed by atoms with Crippen LogP contribution in [0.2, 0.25) is 0 Å². The number of aliphatic hydroxyl groups excluding tert-OH is 1. The zero-order chi connectivity index (χ0) is 14.5. The molecule has 0 radical (unpaired) electrons. The first-order valence-electron chi connectivity index (χ1n) is 5.92. The Labute approximate surface area is 112 Å². The van der Waals surface area contributed by atoms with Gasteiger partial charge in [-0.25, -0.2) is 13.1 Å². The van der Waals surface area contributed by atoms with E-state index in [-0.39, 0.29) is 23.5 Å². The summed E-state index contributed by atoms with van der Waals surface area (Å²) < 4.78 is 25.8. The standard InChI is InChI=1S/C12H18N2O4S/c1-3-13-19(17,18)11-6-4-10(5-7-11)12(16)14-9(2)8-15/h4-7,9,13,15H,3,8H2,1-2H3,(H,14,16)/t9-/m0/s1. The van der Waals surface area contributed by atoms with Gasteiger partial charge in [-0.2, -0.15) is 0 Å². The average Bonchev–Trinajstić information content (AvgIpc) is 2.38. The van der Waals surface area contributed by atoms with Gasteiger partial charge in [-0.1, -0.05) is 6.92 Å². The maximum absolute atomic E-state index is 11.7. The molecule has 0 aliphatic heterocycles. The number of amides is 1. The van der Waals surface area contributed by atoms with Crippen LogP contribution in [-0.2, 0) is 10.0 Å². The van der Waals surface area contributed by atoms with Crippen LogP contribution < -0.4 is 10.0 Å². The Morgan fingerprint density at radius 3 is 2.37 bits per heavy atom. The third-order valence-electron chi connectivity index (χ3n) is 2.41. The van der Waals surface area contributed by atoms with Gasteiger partial charge in [0, 0.05) is 18.2 Å². The van der Waals surface area contributed by atoms with E-state index in [2.05, 4.69) is 10.0 Å². The van der Waals surface area contributed by atoms with E-state index in [0.29, 0.717) is 12.1 Å². The summed E-state index contributed by atoms with van der Waals surface area (Å²) in [5.74, 6) is -0.353. The summed E-state index contributed by atoms with van der Waals surface area (Å²) in [5.41, 5.74) is 0.343. The molecular weight excluding hydrogens is 268 g/mol. The fraction of sp³-hybridized carbons (Fsp3) is 0.417. The summed E-state index contributed by atoms with van der Waals surface area (Å²) in [6.07, 6.45) is 0. The number of benzene rings is 1.